The molecule has 0 fully saturated rings. The van der Waals surface area contributed by atoms with Crippen LogP contribution in [-0.4, -0.2) is 125 Å². The maximum Gasteiger partial charge on any atom is 0.328 e. The molecule has 0 aromatic heterocycles. The number of carboxylic acid groups (broad SMARTS) is 1. The van der Waals surface area contributed by atoms with Crippen molar-refractivity contribution in [2.45, 2.75) is 114 Å². The molecule has 0 radical (unpaired) electrons. The largest absolute Gasteiger partial charge is 0.480 e. The topological polar surface area (TPSA) is 413 Å². The predicted octanol–water partition coefficient (Wildman–Crippen LogP) is -6.10. The van der Waals surface area contributed by atoms with E-state index in [-0.39, 0.29) is 25.2 Å². The minimum absolute atomic E-state index is 0.0965. The molecule has 0 saturated carbocycles. The molecule has 0 rings (SSSR count). The lowest BCUT2D eigenvalue weighted by atomic mass is 10.0. The number of hydrogen-bond acceptors (Lipinski definition) is 13. The van der Waals surface area contributed by atoms with Crippen molar-refractivity contribution in [3.8, 4) is 0 Å². The highest BCUT2D eigenvalue weighted by atomic mass is 16.4. The van der Waals surface area contributed by atoms with E-state index in [1.807, 2.05) is 5.32 Å². The van der Waals surface area contributed by atoms with E-state index in [1.54, 1.807) is 13.8 Å². The molecule has 312 valence electrons. The summed E-state index contributed by atoms with van der Waals surface area (Å²) in [6, 6.07) is -8.40. The third kappa shape index (κ3) is 21.8. The Balaban J connectivity index is 5.92. The van der Waals surface area contributed by atoms with Gasteiger partial charge in [-0.05, 0) is 51.0 Å². The number of nitrogens with two attached hydrogens (primary N) is 5. The van der Waals surface area contributed by atoms with Gasteiger partial charge in [0, 0.05) is 19.3 Å². The van der Waals surface area contributed by atoms with Crippen LogP contribution in [0.25, 0.3) is 0 Å². The summed E-state index contributed by atoms with van der Waals surface area (Å²) < 4.78 is 0. The Kier molecular flexibility index (Phi) is 23.8. The highest BCUT2D eigenvalue weighted by molar-refractivity contribution is 5.96. The van der Waals surface area contributed by atoms with Crippen LogP contribution in [0.5, 0.6) is 0 Å². The minimum Gasteiger partial charge on any atom is -0.480 e. The van der Waals surface area contributed by atoms with Gasteiger partial charge in [0.1, 0.15) is 30.2 Å². The Morgan fingerprint density at radius 2 is 0.982 bits per heavy atom. The standard InChI is InChI=1S/C32H57N11O12/c1-16(2)13-21(42-27(49)17(34)5-3-4-12-33)31(53)40-18(6-9-23(35)45)28(50)38-14-26(48)39-19(7-10-24(36)46)29(51)41-20(8-11-25(37)47)30(52)43-22(15-44)32(54)55/h16-22,44H,3-15,33-34H2,1-2H3,(H2,35,45)(H2,36,46)(H2,37,47)(H,38,50)(H,39,48)(H,40,53)(H,41,51)(H,42,49)(H,43,52)(H,54,55). The van der Waals surface area contributed by atoms with Gasteiger partial charge in [-0.15, -0.1) is 0 Å². The number of aliphatic hydroxyl groups excluding tert-OH is 1. The molecule has 9 amide bonds. The Bertz CT molecular complexity index is 1360. The third-order valence-electron chi connectivity index (χ3n) is 7.82. The van der Waals surface area contributed by atoms with Gasteiger partial charge in [-0.25, -0.2) is 4.79 Å². The molecule has 0 aromatic carbocycles. The van der Waals surface area contributed by atoms with E-state index in [2.05, 4.69) is 26.6 Å². The van der Waals surface area contributed by atoms with Gasteiger partial charge in [0.2, 0.25) is 53.2 Å². The van der Waals surface area contributed by atoms with E-state index >= 15 is 0 Å². The minimum atomic E-state index is -1.76. The molecular formula is C32H57N11O12. The summed E-state index contributed by atoms with van der Waals surface area (Å²) >= 11 is 0. The Morgan fingerprint density at radius 1 is 0.564 bits per heavy atom. The van der Waals surface area contributed by atoms with Crippen LogP contribution in [0.4, 0.5) is 0 Å². The summed E-state index contributed by atoms with van der Waals surface area (Å²) in [4.78, 5) is 124. The molecule has 23 heteroatoms. The average Bonchev–Trinajstić information content (AvgIpc) is 3.10. The first-order valence-corrected chi connectivity index (χ1v) is 17.6. The van der Waals surface area contributed by atoms with Crippen molar-refractivity contribution in [1.82, 2.24) is 31.9 Å². The number of carbonyl (C=O) groups excluding carboxylic acids is 9. The Morgan fingerprint density at radius 3 is 1.40 bits per heavy atom. The number of hydrogen-bond donors (Lipinski definition) is 13. The van der Waals surface area contributed by atoms with Crippen LogP contribution in [0.2, 0.25) is 0 Å². The number of carbonyl (C=O) groups is 10. The zero-order chi connectivity index (χ0) is 42.2. The number of primary amides is 3. The number of nitrogens with one attached hydrogen (secondary N) is 6. The molecule has 6 atom stereocenters. The summed E-state index contributed by atoms with van der Waals surface area (Å²) in [6.07, 6.45) is -0.665. The van der Waals surface area contributed by atoms with Crippen molar-refractivity contribution in [2.24, 2.45) is 34.6 Å². The van der Waals surface area contributed by atoms with E-state index in [1.165, 1.54) is 0 Å². The fourth-order valence-electron chi connectivity index (χ4n) is 4.83. The zero-order valence-corrected chi connectivity index (χ0v) is 31.1. The van der Waals surface area contributed by atoms with Crippen LogP contribution in [-0.2, 0) is 47.9 Å². The molecule has 0 spiro atoms. The number of aliphatic hydroxyl groups is 1. The molecule has 0 aromatic rings. The average molecular weight is 788 g/mol. The number of rotatable bonds is 29. The lowest BCUT2D eigenvalue weighted by Crippen LogP contribution is -2.58. The first kappa shape index (κ1) is 49.6. The molecule has 18 N–H and O–H groups in total. The van der Waals surface area contributed by atoms with Gasteiger partial charge in [-0.3, -0.25) is 43.2 Å². The number of unbranched alkanes of at least 4 members (excludes halogenated alkanes) is 1. The molecular weight excluding hydrogens is 730 g/mol. The van der Waals surface area contributed by atoms with Gasteiger partial charge in [0.05, 0.1) is 19.2 Å². The highest BCUT2D eigenvalue weighted by Gasteiger charge is 2.32. The second-order valence-corrected chi connectivity index (χ2v) is 13.1. The molecule has 0 bridgehead atoms. The van der Waals surface area contributed by atoms with Gasteiger partial charge < -0.3 is 70.8 Å². The van der Waals surface area contributed by atoms with Crippen molar-refractivity contribution >= 4 is 59.1 Å². The first-order chi connectivity index (χ1) is 25.7. The molecule has 0 aliphatic rings. The van der Waals surface area contributed by atoms with E-state index in [0.717, 1.165) is 0 Å². The summed E-state index contributed by atoms with van der Waals surface area (Å²) in [5.41, 5.74) is 27.0. The lowest BCUT2D eigenvalue weighted by molar-refractivity contribution is -0.143. The summed E-state index contributed by atoms with van der Waals surface area (Å²) in [5.74, 6) is -9.77. The van der Waals surface area contributed by atoms with Crippen LogP contribution in [0.3, 0.4) is 0 Å². The van der Waals surface area contributed by atoms with Gasteiger partial charge >= 0.3 is 5.97 Å². The summed E-state index contributed by atoms with van der Waals surface area (Å²) in [6.45, 7) is 2.19. The normalized spacial score (nSPS) is 14.1. The number of aliphatic carboxylic acids is 1. The van der Waals surface area contributed by atoms with E-state index in [4.69, 9.17) is 33.8 Å². The fourth-order valence-corrected chi connectivity index (χ4v) is 4.83. The van der Waals surface area contributed by atoms with E-state index < -0.39 is 134 Å². The molecule has 23 nitrogen and oxygen atoms in total. The lowest BCUT2D eigenvalue weighted by Gasteiger charge is -2.25. The highest BCUT2D eigenvalue weighted by Crippen LogP contribution is 2.09. The van der Waals surface area contributed by atoms with Crippen LogP contribution >= 0.6 is 0 Å². The SMILES string of the molecule is CC(C)CC(NC(=O)C(N)CCCCN)C(=O)NC(CCC(N)=O)C(=O)NCC(=O)NC(CCC(N)=O)C(=O)NC(CCC(N)=O)C(=O)NC(CO)C(=O)O. The van der Waals surface area contributed by atoms with E-state index in [0.29, 0.717) is 25.8 Å². The van der Waals surface area contributed by atoms with E-state index in [9.17, 15) is 53.1 Å². The molecule has 0 heterocycles. The van der Waals surface area contributed by atoms with Gasteiger partial charge in [-0.1, -0.05) is 20.3 Å². The first-order valence-electron chi connectivity index (χ1n) is 17.6. The Hall–Kier alpha value is -5.42. The van der Waals surface area contributed by atoms with Crippen LogP contribution in [0.1, 0.15) is 78.1 Å². The van der Waals surface area contributed by atoms with Gasteiger partial charge in [0.25, 0.3) is 0 Å². The predicted molar refractivity (Wildman–Crippen MR) is 193 cm³/mol. The monoisotopic (exact) mass is 787 g/mol. The smallest absolute Gasteiger partial charge is 0.328 e. The maximum atomic E-state index is 13.3. The van der Waals surface area contributed by atoms with Crippen LogP contribution < -0.4 is 60.6 Å². The molecule has 55 heavy (non-hydrogen) atoms. The number of carboxylic acids is 1. The molecule has 0 saturated heterocycles. The third-order valence-corrected chi connectivity index (χ3v) is 7.82. The maximum absolute atomic E-state index is 13.3. The van der Waals surface area contributed by atoms with Gasteiger partial charge in [-0.2, -0.15) is 0 Å². The van der Waals surface area contributed by atoms with Crippen LogP contribution in [0, 0.1) is 5.92 Å². The van der Waals surface area contributed by atoms with Crippen molar-refractivity contribution in [3.05, 3.63) is 0 Å². The van der Waals surface area contributed by atoms with Gasteiger partial charge in [0.15, 0.2) is 0 Å². The second kappa shape index (κ2) is 26.4. The number of amides is 9. The summed E-state index contributed by atoms with van der Waals surface area (Å²) in [5, 5.41) is 32.2. The Labute approximate surface area is 317 Å². The van der Waals surface area contributed by atoms with Crippen molar-refractivity contribution in [2.75, 3.05) is 19.7 Å². The second-order valence-electron chi connectivity index (χ2n) is 13.1. The molecule has 6 unspecified atom stereocenters. The van der Waals surface area contributed by atoms with Crippen LogP contribution in [0.15, 0.2) is 0 Å². The van der Waals surface area contributed by atoms with Crippen molar-refractivity contribution in [3.63, 3.8) is 0 Å². The quantitative estimate of drug-likeness (QED) is 0.0314. The molecule has 0 aliphatic heterocycles. The fraction of sp³-hybridized carbons (Fsp3) is 0.688. The zero-order valence-electron chi connectivity index (χ0n) is 31.1. The van der Waals surface area contributed by atoms with Crippen molar-refractivity contribution in [1.29, 1.82) is 0 Å². The van der Waals surface area contributed by atoms with Crippen molar-refractivity contribution < 1.29 is 58.2 Å². The molecule has 0 aliphatic carbocycles. The summed E-state index contributed by atoms with van der Waals surface area (Å²) in [7, 11) is 0.